The van der Waals surface area contributed by atoms with Gasteiger partial charge < -0.3 is 14.6 Å². The molecule has 2 bridgehead atoms. The first-order valence-electron chi connectivity index (χ1n) is 10.1. The molecule has 2 heterocycles. The summed E-state index contributed by atoms with van der Waals surface area (Å²) in [6.07, 6.45) is 11.0. The normalized spacial score (nSPS) is 28.3. The Kier molecular flexibility index (Phi) is 6.91. The molecule has 0 saturated carbocycles. The third kappa shape index (κ3) is 5.18. The van der Waals surface area contributed by atoms with E-state index in [4.69, 9.17) is 9.47 Å². The van der Waals surface area contributed by atoms with Crippen LogP contribution < -0.4 is 0 Å². The number of benzene rings is 1. The number of rotatable bonds is 10. The highest BCUT2D eigenvalue weighted by Gasteiger charge is 2.48. The molecule has 3 rings (SSSR count). The summed E-state index contributed by atoms with van der Waals surface area (Å²) in [5, 5.41) is 9.34. The average Bonchev–Trinajstić information content (AvgIpc) is 3.24. The van der Waals surface area contributed by atoms with Gasteiger partial charge in [-0.2, -0.15) is 0 Å². The zero-order chi connectivity index (χ0) is 18.4. The van der Waals surface area contributed by atoms with Gasteiger partial charge in [0.1, 0.15) is 0 Å². The minimum Gasteiger partial charge on any atom is -0.396 e. The van der Waals surface area contributed by atoms with Crippen molar-refractivity contribution >= 4 is 0 Å². The van der Waals surface area contributed by atoms with Crippen LogP contribution in [0.1, 0.15) is 51.5 Å². The molecule has 3 nitrogen and oxygen atoms in total. The fourth-order valence-electron chi connectivity index (χ4n) is 4.24. The number of aliphatic hydroxyl groups excluding tert-OH is 1. The molecule has 2 fully saturated rings. The van der Waals surface area contributed by atoms with Crippen molar-refractivity contribution in [3.8, 4) is 0 Å². The van der Waals surface area contributed by atoms with Crippen molar-refractivity contribution in [3.63, 3.8) is 0 Å². The molecule has 2 aliphatic heterocycles. The van der Waals surface area contributed by atoms with Crippen molar-refractivity contribution in [3.05, 3.63) is 48.0 Å². The largest absolute Gasteiger partial charge is 0.396 e. The fraction of sp³-hybridized carbons (Fsp3) is 0.652. The highest BCUT2D eigenvalue weighted by molar-refractivity contribution is 5.13. The van der Waals surface area contributed by atoms with Crippen molar-refractivity contribution in [1.82, 2.24) is 0 Å². The van der Waals surface area contributed by atoms with Gasteiger partial charge in [0, 0.05) is 12.5 Å². The molecular weight excluding hydrogens is 324 g/mol. The van der Waals surface area contributed by atoms with Crippen molar-refractivity contribution in [2.45, 2.75) is 64.8 Å². The summed E-state index contributed by atoms with van der Waals surface area (Å²) >= 11 is 0. The zero-order valence-corrected chi connectivity index (χ0v) is 16.3. The molecule has 2 aliphatic rings. The number of hydrogen-bond acceptors (Lipinski definition) is 3. The van der Waals surface area contributed by atoms with Gasteiger partial charge in [-0.15, -0.1) is 0 Å². The predicted molar refractivity (Wildman–Crippen MR) is 105 cm³/mol. The van der Waals surface area contributed by atoms with Crippen LogP contribution in [-0.4, -0.2) is 30.5 Å². The van der Waals surface area contributed by atoms with Gasteiger partial charge in [0.2, 0.25) is 0 Å². The first kappa shape index (κ1) is 19.6. The summed E-state index contributed by atoms with van der Waals surface area (Å²) < 4.78 is 12.2. The van der Waals surface area contributed by atoms with Crippen LogP contribution in [0.5, 0.6) is 0 Å². The molecule has 0 amide bonds. The lowest BCUT2D eigenvalue weighted by molar-refractivity contribution is 0.0419. The summed E-state index contributed by atoms with van der Waals surface area (Å²) in [6.45, 7) is 5.97. The summed E-state index contributed by atoms with van der Waals surface area (Å²) in [4.78, 5) is 0. The number of fused-ring (bicyclic) bond motifs is 2. The predicted octanol–water partition coefficient (Wildman–Crippen LogP) is 4.74. The molecule has 1 aromatic rings. The second-order valence-corrected chi connectivity index (χ2v) is 8.69. The van der Waals surface area contributed by atoms with E-state index >= 15 is 0 Å². The molecule has 2 saturated heterocycles. The van der Waals surface area contributed by atoms with Crippen LogP contribution in [0.4, 0.5) is 0 Å². The summed E-state index contributed by atoms with van der Waals surface area (Å²) in [5.74, 6) is 1.11. The number of ether oxygens (including phenoxy) is 2. The van der Waals surface area contributed by atoms with Crippen LogP contribution in [0.2, 0.25) is 0 Å². The standard InChI is InChI=1S/C23H34O3/c1-23(2,17-24)14-8-4-7-11-19-20(22-13-12-21(19)26-22)16-25-15-18-9-5-3-6-10-18/h3-7,9-10,19-22,24H,8,11-17H2,1-2H3/b7-4+. The minimum atomic E-state index is 0.0215. The Hall–Kier alpha value is -1.16. The molecule has 0 aliphatic carbocycles. The van der Waals surface area contributed by atoms with Gasteiger partial charge in [-0.05, 0) is 49.0 Å². The van der Waals surface area contributed by atoms with E-state index in [1.807, 2.05) is 6.07 Å². The number of allylic oxidation sites excluding steroid dienone is 2. The summed E-state index contributed by atoms with van der Waals surface area (Å²) in [5.41, 5.74) is 1.26. The van der Waals surface area contributed by atoms with E-state index in [2.05, 4.69) is 50.3 Å². The van der Waals surface area contributed by atoms with E-state index in [-0.39, 0.29) is 12.0 Å². The van der Waals surface area contributed by atoms with Gasteiger partial charge in [-0.3, -0.25) is 0 Å². The maximum absolute atomic E-state index is 9.34. The molecule has 1 N–H and O–H groups in total. The Balaban J connectivity index is 1.44. The zero-order valence-electron chi connectivity index (χ0n) is 16.3. The van der Waals surface area contributed by atoms with Gasteiger partial charge in [0.15, 0.2) is 0 Å². The summed E-state index contributed by atoms with van der Waals surface area (Å²) in [6, 6.07) is 10.4. The van der Waals surface area contributed by atoms with Gasteiger partial charge >= 0.3 is 0 Å². The fourth-order valence-corrected chi connectivity index (χ4v) is 4.24. The second kappa shape index (κ2) is 9.16. The van der Waals surface area contributed by atoms with Gasteiger partial charge in [0.25, 0.3) is 0 Å². The molecule has 3 heteroatoms. The Morgan fingerprint density at radius 2 is 1.85 bits per heavy atom. The molecule has 0 radical (unpaired) electrons. The van der Waals surface area contributed by atoms with Crippen molar-refractivity contribution < 1.29 is 14.6 Å². The first-order chi connectivity index (χ1) is 12.6. The topological polar surface area (TPSA) is 38.7 Å². The van der Waals surface area contributed by atoms with Crippen LogP contribution in [0.25, 0.3) is 0 Å². The SMILES string of the molecule is CC(C)(CO)CC/C=C/CC1C2CCC(O2)C1COCc1ccccc1. The van der Waals surface area contributed by atoms with E-state index < -0.39 is 0 Å². The Bertz CT molecular complexity index is 566. The quantitative estimate of drug-likeness (QED) is 0.614. The minimum absolute atomic E-state index is 0.0215. The maximum atomic E-state index is 9.34. The van der Waals surface area contributed by atoms with E-state index in [1.54, 1.807) is 0 Å². The van der Waals surface area contributed by atoms with Crippen molar-refractivity contribution in [2.75, 3.05) is 13.2 Å². The van der Waals surface area contributed by atoms with Crippen LogP contribution in [0.3, 0.4) is 0 Å². The van der Waals surface area contributed by atoms with E-state index in [1.165, 1.54) is 18.4 Å². The highest BCUT2D eigenvalue weighted by atomic mass is 16.5. The van der Waals surface area contributed by atoms with Crippen LogP contribution in [0, 0.1) is 17.3 Å². The van der Waals surface area contributed by atoms with Gasteiger partial charge in [0.05, 0.1) is 25.4 Å². The van der Waals surface area contributed by atoms with E-state index in [0.29, 0.717) is 30.7 Å². The number of aliphatic hydroxyl groups is 1. The smallest absolute Gasteiger partial charge is 0.0717 e. The third-order valence-corrected chi connectivity index (χ3v) is 6.00. The third-order valence-electron chi connectivity index (χ3n) is 6.00. The molecule has 1 aromatic carbocycles. The van der Waals surface area contributed by atoms with Crippen LogP contribution >= 0.6 is 0 Å². The maximum Gasteiger partial charge on any atom is 0.0717 e. The second-order valence-electron chi connectivity index (χ2n) is 8.69. The van der Waals surface area contributed by atoms with Gasteiger partial charge in [-0.1, -0.05) is 56.3 Å². The van der Waals surface area contributed by atoms with E-state index in [0.717, 1.165) is 25.9 Å². The lowest BCUT2D eigenvalue weighted by atomic mass is 9.78. The Morgan fingerprint density at radius 1 is 1.12 bits per heavy atom. The molecular formula is C23H34O3. The Morgan fingerprint density at radius 3 is 2.58 bits per heavy atom. The molecule has 0 aromatic heterocycles. The van der Waals surface area contributed by atoms with Crippen LogP contribution in [0.15, 0.2) is 42.5 Å². The molecule has 144 valence electrons. The number of hydrogen-bond donors (Lipinski definition) is 1. The van der Waals surface area contributed by atoms with Crippen LogP contribution in [-0.2, 0) is 16.1 Å². The lowest BCUT2D eigenvalue weighted by Gasteiger charge is -2.27. The van der Waals surface area contributed by atoms with Crippen molar-refractivity contribution in [2.24, 2.45) is 17.3 Å². The van der Waals surface area contributed by atoms with E-state index in [9.17, 15) is 5.11 Å². The van der Waals surface area contributed by atoms with Gasteiger partial charge in [-0.25, -0.2) is 0 Å². The monoisotopic (exact) mass is 358 g/mol. The highest BCUT2D eigenvalue weighted by Crippen LogP contribution is 2.45. The molecule has 4 unspecified atom stereocenters. The van der Waals surface area contributed by atoms with Crippen molar-refractivity contribution in [1.29, 1.82) is 0 Å². The Labute approximate surface area is 158 Å². The molecule has 0 spiro atoms. The first-order valence-corrected chi connectivity index (χ1v) is 10.1. The summed E-state index contributed by atoms with van der Waals surface area (Å²) in [7, 11) is 0. The molecule has 26 heavy (non-hydrogen) atoms. The average molecular weight is 359 g/mol. The lowest BCUT2D eigenvalue weighted by Crippen LogP contribution is -2.30. The molecule has 4 atom stereocenters.